The lowest BCUT2D eigenvalue weighted by atomic mass is 10.0. The van der Waals surface area contributed by atoms with E-state index in [1.54, 1.807) is 11.0 Å². The number of benzene rings is 1. The van der Waals surface area contributed by atoms with Gasteiger partial charge in [-0.2, -0.15) is 4.98 Å². The number of fused-ring (bicyclic) bond motifs is 1. The van der Waals surface area contributed by atoms with Gasteiger partial charge in [0.1, 0.15) is 12.4 Å². The second kappa shape index (κ2) is 9.03. The highest BCUT2D eigenvalue weighted by Crippen LogP contribution is 2.31. The molecule has 2 atom stereocenters. The van der Waals surface area contributed by atoms with E-state index in [0.717, 1.165) is 37.1 Å². The van der Waals surface area contributed by atoms with E-state index in [0.29, 0.717) is 31.0 Å². The van der Waals surface area contributed by atoms with E-state index in [2.05, 4.69) is 30.5 Å². The van der Waals surface area contributed by atoms with Gasteiger partial charge in [0, 0.05) is 37.7 Å². The van der Waals surface area contributed by atoms with Crippen molar-refractivity contribution in [3.05, 3.63) is 46.5 Å². The molecule has 4 heterocycles. The summed E-state index contributed by atoms with van der Waals surface area (Å²) < 4.78 is 0. The van der Waals surface area contributed by atoms with E-state index in [9.17, 15) is 14.4 Å². The molecule has 0 saturated carbocycles. The molecule has 172 valence electrons. The molecule has 0 bridgehead atoms. The van der Waals surface area contributed by atoms with Crippen LogP contribution in [-0.2, 0) is 22.7 Å². The zero-order valence-electron chi connectivity index (χ0n) is 18.0. The van der Waals surface area contributed by atoms with Crippen LogP contribution in [0.25, 0.3) is 0 Å². The number of aromatic nitrogens is 3. The van der Waals surface area contributed by atoms with Crippen LogP contribution in [0.1, 0.15) is 47.2 Å². The zero-order valence-corrected chi connectivity index (χ0v) is 18.7. The Hall–Kier alpha value is -3.11. The SMILES string of the molecule is O=C1CCC(N2Cc3c(CN(c4ncnc(Cl)n4)C4CCCNC4)cccc3C2=O)C(=O)N1. The van der Waals surface area contributed by atoms with Crippen LogP contribution in [-0.4, -0.2) is 62.7 Å². The largest absolute Gasteiger partial charge is 0.332 e. The summed E-state index contributed by atoms with van der Waals surface area (Å²) in [5.74, 6) is -0.402. The Morgan fingerprint density at radius 3 is 2.82 bits per heavy atom. The minimum absolute atomic E-state index is 0.131. The van der Waals surface area contributed by atoms with E-state index in [1.165, 1.54) is 6.33 Å². The molecule has 3 amide bonds. The lowest BCUT2D eigenvalue weighted by molar-refractivity contribution is -0.136. The number of carbonyl (C=O) groups excluding carboxylic acids is 3. The van der Waals surface area contributed by atoms with Crippen molar-refractivity contribution in [2.75, 3.05) is 18.0 Å². The van der Waals surface area contributed by atoms with Crippen molar-refractivity contribution in [3.8, 4) is 0 Å². The molecule has 3 aliphatic heterocycles. The van der Waals surface area contributed by atoms with Gasteiger partial charge in [-0.3, -0.25) is 19.7 Å². The van der Waals surface area contributed by atoms with Gasteiger partial charge in [0.25, 0.3) is 5.91 Å². The maximum atomic E-state index is 13.2. The number of rotatable bonds is 5. The van der Waals surface area contributed by atoms with Gasteiger partial charge in [0.2, 0.25) is 23.0 Å². The molecule has 0 spiro atoms. The molecule has 2 unspecified atom stereocenters. The molecular weight excluding hydrogens is 446 g/mol. The summed E-state index contributed by atoms with van der Waals surface area (Å²) in [6.07, 6.45) is 3.98. The van der Waals surface area contributed by atoms with E-state index in [4.69, 9.17) is 11.6 Å². The monoisotopic (exact) mass is 469 g/mol. The molecule has 2 aromatic rings. The van der Waals surface area contributed by atoms with Crippen LogP contribution in [0.3, 0.4) is 0 Å². The molecule has 5 rings (SSSR count). The van der Waals surface area contributed by atoms with Gasteiger partial charge >= 0.3 is 0 Å². The van der Waals surface area contributed by atoms with E-state index in [1.807, 2.05) is 12.1 Å². The highest BCUT2D eigenvalue weighted by Gasteiger charge is 2.40. The summed E-state index contributed by atoms with van der Waals surface area (Å²) in [6, 6.07) is 5.16. The average Bonchev–Trinajstić information content (AvgIpc) is 3.15. The number of amides is 3. The van der Waals surface area contributed by atoms with Crippen LogP contribution in [0, 0.1) is 0 Å². The number of imide groups is 1. The van der Waals surface area contributed by atoms with Crippen LogP contribution in [0.4, 0.5) is 5.95 Å². The van der Waals surface area contributed by atoms with Crippen LogP contribution in [0.2, 0.25) is 5.28 Å². The quantitative estimate of drug-likeness (QED) is 0.623. The summed E-state index contributed by atoms with van der Waals surface area (Å²) in [7, 11) is 0. The fourth-order valence-corrected chi connectivity index (χ4v) is 4.97. The normalized spacial score (nSPS) is 22.8. The Bertz CT molecular complexity index is 1110. The van der Waals surface area contributed by atoms with Gasteiger partial charge in [-0.25, -0.2) is 9.97 Å². The standard InChI is InChI=1S/C22H24ClN7O3/c23-21-25-12-26-22(28-21)29(14-4-2-8-24-9-14)10-13-3-1-5-15-16(13)11-30(20(15)33)17-6-7-18(31)27-19(17)32/h1,3,5,12,14,17,24H,2,4,6-11H2,(H,27,31,32). The van der Waals surface area contributed by atoms with E-state index < -0.39 is 11.9 Å². The third-order valence-corrected chi connectivity index (χ3v) is 6.70. The van der Waals surface area contributed by atoms with Crippen molar-refractivity contribution < 1.29 is 14.4 Å². The van der Waals surface area contributed by atoms with Gasteiger partial charge < -0.3 is 15.1 Å². The number of anilines is 1. The average molecular weight is 470 g/mol. The number of nitrogens with one attached hydrogen (secondary N) is 2. The molecule has 1 aromatic heterocycles. The van der Waals surface area contributed by atoms with Crippen molar-refractivity contribution >= 4 is 35.3 Å². The molecule has 1 aromatic carbocycles. The fraction of sp³-hybridized carbons (Fsp3) is 0.455. The Morgan fingerprint density at radius 1 is 1.18 bits per heavy atom. The highest BCUT2D eigenvalue weighted by atomic mass is 35.5. The Balaban J connectivity index is 1.44. The molecule has 10 nitrogen and oxygen atoms in total. The third-order valence-electron chi connectivity index (χ3n) is 6.52. The van der Waals surface area contributed by atoms with Gasteiger partial charge in [0.15, 0.2) is 0 Å². The van der Waals surface area contributed by atoms with Crippen LogP contribution >= 0.6 is 11.6 Å². The minimum Gasteiger partial charge on any atom is -0.332 e. The molecule has 11 heteroatoms. The van der Waals surface area contributed by atoms with Gasteiger partial charge in [-0.1, -0.05) is 12.1 Å². The van der Waals surface area contributed by atoms with E-state index in [-0.39, 0.29) is 29.6 Å². The summed E-state index contributed by atoms with van der Waals surface area (Å²) in [5, 5.41) is 5.90. The van der Waals surface area contributed by atoms with E-state index >= 15 is 0 Å². The second-order valence-corrected chi connectivity index (χ2v) is 8.86. The smallest absolute Gasteiger partial charge is 0.255 e. The highest BCUT2D eigenvalue weighted by molar-refractivity contribution is 6.28. The second-order valence-electron chi connectivity index (χ2n) is 8.53. The number of piperidine rings is 2. The Labute approximate surface area is 195 Å². The molecule has 2 N–H and O–H groups in total. The first kappa shape index (κ1) is 21.7. The third kappa shape index (κ3) is 4.28. The van der Waals surface area contributed by atoms with Crippen molar-refractivity contribution in [2.24, 2.45) is 0 Å². The molecule has 0 radical (unpaired) electrons. The van der Waals surface area contributed by atoms with Gasteiger partial charge in [-0.15, -0.1) is 0 Å². The number of hydrogen-bond donors (Lipinski definition) is 2. The molecule has 0 aliphatic carbocycles. The number of carbonyl (C=O) groups is 3. The summed E-state index contributed by atoms with van der Waals surface area (Å²) in [5.41, 5.74) is 2.45. The van der Waals surface area contributed by atoms with Crippen LogP contribution in [0.15, 0.2) is 24.5 Å². The summed E-state index contributed by atoms with van der Waals surface area (Å²) in [4.78, 5) is 53.4. The van der Waals surface area contributed by atoms with Gasteiger partial charge in [0.05, 0.1) is 0 Å². The molecular formula is C22H24ClN7O3. The maximum absolute atomic E-state index is 13.2. The summed E-state index contributed by atoms with van der Waals surface area (Å²) >= 11 is 6.06. The fourth-order valence-electron chi connectivity index (χ4n) is 4.85. The molecule has 2 fully saturated rings. The minimum atomic E-state index is -0.642. The maximum Gasteiger partial charge on any atom is 0.255 e. The van der Waals surface area contributed by atoms with Crippen molar-refractivity contribution in [2.45, 2.75) is 50.9 Å². The number of nitrogens with zero attached hydrogens (tertiary/aromatic N) is 5. The number of halogens is 1. The zero-order chi connectivity index (χ0) is 22.9. The topological polar surface area (TPSA) is 120 Å². The number of hydrogen-bond acceptors (Lipinski definition) is 8. The summed E-state index contributed by atoms with van der Waals surface area (Å²) in [6.45, 7) is 2.58. The predicted molar refractivity (Wildman–Crippen MR) is 119 cm³/mol. The molecule has 2 saturated heterocycles. The Morgan fingerprint density at radius 2 is 2.06 bits per heavy atom. The lowest BCUT2D eigenvalue weighted by Gasteiger charge is -2.35. The van der Waals surface area contributed by atoms with Crippen LogP contribution in [0.5, 0.6) is 0 Å². The van der Waals surface area contributed by atoms with Crippen molar-refractivity contribution in [3.63, 3.8) is 0 Å². The first-order valence-corrected chi connectivity index (χ1v) is 11.5. The molecule has 33 heavy (non-hydrogen) atoms. The predicted octanol–water partition coefficient (Wildman–Crippen LogP) is 1.04. The first-order chi connectivity index (χ1) is 16.0. The van der Waals surface area contributed by atoms with Gasteiger partial charge in [-0.05, 0) is 54.6 Å². The first-order valence-electron chi connectivity index (χ1n) is 11.1. The Kier molecular flexibility index (Phi) is 5.94. The molecule has 3 aliphatic rings. The van der Waals surface area contributed by atoms with Crippen molar-refractivity contribution in [1.82, 2.24) is 30.5 Å². The van der Waals surface area contributed by atoms with Crippen LogP contribution < -0.4 is 15.5 Å². The van der Waals surface area contributed by atoms with Crippen molar-refractivity contribution in [1.29, 1.82) is 0 Å². The lowest BCUT2D eigenvalue weighted by Crippen LogP contribution is -2.52.